The maximum atomic E-state index is 11.9. The maximum absolute atomic E-state index is 11.9. The quantitative estimate of drug-likeness (QED) is 0.870. The van der Waals surface area contributed by atoms with Crippen molar-refractivity contribution in [2.24, 2.45) is 5.92 Å². The van der Waals surface area contributed by atoms with Crippen LogP contribution < -0.4 is 5.48 Å². The first-order chi connectivity index (χ1) is 8.87. The average molecular weight is 293 g/mol. The number of carbonyl (C=O) groups excluding carboxylic acids is 1. The fourth-order valence-electron chi connectivity index (χ4n) is 2.11. The predicted molar refractivity (Wildman–Crippen MR) is 65.0 cm³/mol. The molecule has 1 unspecified atom stereocenters. The van der Waals surface area contributed by atoms with Crippen molar-refractivity contribution in [2.75, 3.05) is 6.61 Å². The molecule has 0 fully saturated rings. The minimum Gasteiger partial charge on any atom is -0.267 e. The molecule has 0 aliphatic heterocycles. The van der Waals surface area contributed by atoms with E-state index in [4.69, 9.17) is 0 Å². The van der Waals surface area contributed by atoms with Crippen molar-refractivity contribution in [3.63, 3.8) is 0 Å². The van der Waals surface area contributed by atoms with E-state index < -0.39 is 18.7 Å². The highest BCUT2D eigenvalue weighted by molar-refractivity contribution is 7.10. The van der Waals surface area contributed by atoms with Gasteiger partial charge < -0.3 is 0 Å². The molecule has 0 aromatic carbocycles. The summed E-state index contributed by atoms with van der Waals surface area (Å²) in [5, 5.41) is 1.69. The molecular formula is C12H14F3NO2S. The lowest BCUT2D eigenvalue weighted by Gasteiger charge is -2.18. The highest BCUT2D eigenvalue weighted by Crippen LogP contribution is 2.32. The fourth-order valence-corrected chi connectivity index (χ4v) is 3.35. The molecule has 1 N–H and O–H groups in total. The third-order valence-corrected chi connectivity index (χ3v) is 4.10. The second kappa shape index (κ2) is 5.50. The molecule has 1 aliphatic rings. The molecule has 3 nitrogen and oxygen atoms in total. The molecule has 0 saturated carbocycles. The van der Waals surface area contributed by atoms with Crippen LogP contribution in [0.1, 0.15) is 34.1 Å². The molecule has 1 heterocycles. The van der Waals surface area contributed by atoms with Crippen molar-refractivity contribution in [3.05, 3.63) is 21.4 Å². The van der Waals surface area contributed by atoms with Gasteiger partial charge in [0.1, 0.15) is 0 Å². The van der Waals surface area contributed by atoms with Crippen molar-refractivity contribution in [2.45, 2.75) is 32.4 Å². The molecular weight excluding hydrogens is 279 g/mol. The van der Waals surface area contributed by atoms with E-state index >= 15 is 0 Å². The molecule has 19 heavy (non-hydrogen) atoms. The molecule has 1 aromatic heterocycles. The van der Waals surface area contributed by atoms with Gasteiger partial charge in [0.2, 0.25) is 0 Å². The van der Waals surface area contributed by atoms with Gasteiger partial charge in [-0.05, 0) is 30.7 Å². The number of fused-ring (bicyclic) bond motifs is 1. The third-order valence-electron chi connectivity index (χ3n) is 3.05. The van der Waals surface area contributed by atoms with Gasteiger partial charge in [-0.1, -0.05) is 6.92 Å². The number of thiophene rings is 1. The number of hydrogen-bond acceptors (Lipinski definition) is 3. The molecule has 0 radical (unpaired) electrons. The summed E-state index contributed by atoms with van der Waals surface area (Å²) in [6.07, 6.45) is -1.73. The predicted octanol–water partition coefficient (Wildman–Crippen LogP) is 3.10. The van der Waals surface area contributed by atoms with Crippen molar-refractivity contribution in [1.82, 2.24) is 5.48 Å². The Labute approximate surface area is 112 Å². The minimum atomic E-state index is -4.45. The highest BCUT2D eigenvalue weighted by atomic mass is 32.1. The van der Waals surface area contributed by atoms with Gasteiger partial charge in [-0.2, -0.15) is 13.2 Å². The largest absolute Gasteiger partial charge is 0.414 e. The molecule has 0 spiro atoms. The van der Waals surface area contributed by atoms with E-state index in [0.29, 0.717) is 11.5 Å². The molecule has 1 aliphatic carbocycles. The lowest BCUT2D eigenvalue weighted by atomic mass is 9.88. The molecule has 7 heteroatoms. The molecule has 2 rings (SSSR count). The van der Waals surface area contributed by atoms with E-state index in [9.17, 15) is 18.0 Å². The van der Waals surface area contributed by atoms with Gasteiger partial charge in [-0.25, -0.2) is 5.48 Å². The molecule has 1 aromatic rings. The Morgan fingerprint density at radius 3 is 3.00 bits per heavy atom. The van der Waals surface area contributed by atoms with Crippen LogP contribution in [-0.4, -0.2) is 18.7 Å². The highest BCUT2D eigenvalue weighted by Gasteiger charge is 2.29. The van der Waals surface area contributed by atoms with Gasteiger partial charge in [0, 0.05) is 10.3 Å². The number of hydrogen-bond donors (Lipinski definition) is 1. The molecule has 1 amide bonds. The lowest BCUT2D eigenvalue weighted by molar-refractivity contribution is -0.184. The second-order valence-corrected chi connectivity index (χ2v) is 5.70. The number of hydroxylamine groups is 1. The first-order valence-corrected chi connectivity index (χ1v) is 6.83. The van der Waals surface area contributed by atoms with Gasteiger partial charge in [0.05, 0.1) is 5.56 Å². The first kappa shape index (κ1) is 14.3. The molecule has 106 valence electrons. The standard InChI is InChI=1S/C12H14F3NO2S/c1-7-2-3-8-9(5-19-10(8)4-7)11(17)16-18-6-12(13,14)15/h5,7H,2-4,6H2,1H3,(H,16,17). The SMILES string of the molecule is CC1CCc2c(C(=O)NOCC(F)(F)F)csc2C1. The second-order valence-electron chi connectivity index (χ2n) is 4.73. The number of rotatable bonds is 3. The van der Waals surface area contributed by atoms with E-state index in [2.05, 4.69) is 11.8 Å². The molecule has 1 atom stereocenters. The van der Waals surface area contributed by atoms with E-state index in [-0.39, 0.29) is 0 Å². The Hall–Kier alpha value is -1.08. The lowest BCUT2D eigenvalue weighted by Crippen LogP contribution is -2.30. The van der Waals surface area contributed by atoms with Gasteiger partial charge in [-0.15, -0.1) is 11.3 Å². The van der Waals surface area contributed by atoms with Crippen LogP contribution in [0, 0.1) is 5.92 Å². The number of carbonyl (C=O) groups is 1. The maximum Gasteiger partial charge on any atom is 0.414 e. The normalized spacial score (nSPS) is 19.1. The summed E-state index contributed by atoms with van der Waals surface area (Å²) >= 11 is 1.48. The smallest absolute Gasteiger partial charge is 0.267 e. The first-order valence-electron chi connectivity index (χ1n) is 5.95. The number of alkyl halides is 3. The van der Waals surface area contributed by atoms with Gasteiger partial charge in [0.15, 0.2) is 6.61 Å². The summed E-state index contributed by atoms with van der Waals surface area (Å²) in [7, 11) is 0. The zero-order valence-corrected chi connectivity index (χ0v) is 11.2. The van der Waals surface area contributed by atoms with E-state index in [1.54, 1.807) is 5.38 Å². The topological polar surface area (TPSA) is 38.3 Å². The third kappa shape index (κ3) is 3.70. The fraction of sp³-hybridized carbons (Fsp3) is 0.583. The van der Waals surface area contributed by atoms with Crippen molar-refractivity contribution in [1.29, 1.82) is 0 Å². The number of amides is 1. The van der Waals surface area contributed by atoms with Gasteiger partial charge >= 0.3 is 6.18 Å². The van der Waals surface area contributed by atoms with Crippen LogP contribution in [-0.2, 0) is 17.7 Å². The molecule has 0 saturated heterocycles. The van der Waals surface area contributed by atoms with Crippen molar-refractivity contribution in [3.8, 4) is 0 Å². The van der Waals surface area contributed by atoms with E-state index in [1.165, 1.54) is 11.3 Å². The Morgan fingerprint density at radius 1 is 1.58 bits per heavy atom. The van der Waals surface area contributed by atoms with Gasteiger partial charge in [-0.3, -0.25) is 9.63 Å². The summed E-state index contributed by atoms with van der Waals surface area (Å²) < 4.78 is 35.7. The van der Waals surface area contributed by atoms with Crippen LogP contribution in [0.2, 0.25) is 0 Å². The average Bonchev–Trinajstić information content (AvgIpc) is 2.69. The monoisotopic (exact) mass is 293 g/mol. The van der Waals surface area contributed by atoms with Crippen LogP contribution in [0.3, 0.4) is 0 Å². The zero-order chi connectivity index (χ0) is 14.0. The van der Waals surface area contributed by atoms with Crippen LogP contribution in [0.4, 0.5) is 13.2 Å². The van der Waals surface area contributed by atoms with Crippen molar-refractivity contribution < 1.29 is 22.8 Å². The van der Waals surface area contributed by atoms with Crippen molar-refractivity contribution >= 4 is 17.2 Å². The van der Waals surface area contributed by atoms with Crippen LogP contribution in [0.25, 0.3) is 0 Å². The Kier molecular flexibility index (Phi) is 4.15. The summed E-state index contributed by atoms with van der Waals surface area (Å²) in [4.78, 5) is 17.1. The van der Waals surface area contributed by atoms with Crippen LogP contribution >= 0.6 is 11.3 Å². The van der Waals surface area contributed by atoms with Crippen LogP contribution in [0.15, 0.2) is 5.38 Å². The van der Waals surface area contributed by atoms with Gasteiger partial charge in [0.25, 0.3) is 5.91 Å². The minimum absolute atomic E-state index is 0.439. The van der Waals surface area contributed by atoms with E-state index in [1.807, 2.05) is 5.48 Å². The van der Waals surface area contributed by atoms with Crippen LogP contribution in [0.5, 0.6) is 0 Å². The number of halogens is 3. The Bertz CT molecular complexity index is 470. The Morgan fingerprint density at radius 2 is 2.32 bits per heavy atom. The summed E-state index contributed by atoms with van der Waals surface area (Å²) in [5.74, 6) is -0.0140. The Balaban J connectivity index is 1.97. The summed E-state index contributed by atoms with van der Waals surface area (Å²) in [6, 6.07) is 0. The van der Waals surface area contributed by atoms with E-state index in [0.717, 1.165) is 29.7 Å². The molecule has 0 bridgehead atoms. The zero-order valence-electron chi connectivity index (χ0n) is 10.3. The summed E-state index contributed by atoms with van der Waals surface area (Å²) in [6.45, 7) is 0.664. The number of nitrogens with one attached hydrogen (secondary N) is 1. The summed E-state index contributed by atoms with van der Waals surface area (Å²) in [5.41, 5.74) is 3.24.